The summed E-state index contributed by atoms with van der Waals surface area (Å²) in [5.74, 6) is -0.480. The minimum absolute atomic E-state index is 0.0127. The van der Waals surface area contributed by atoms with Crippen LogP contribution in [0.1, 0.15) is 31.1 Å². The Morgan fingerprint density at radius 2 is 1.73 bits per heavy atom. The molecule has 0 radical (unpaired) electrons. The van der Waals surface area contributed by atoms with E-state index in [1.54, 1.807) is 43.4 Å². The highest BCUT2D eigenvalue weighted by molar-refractivity contribution is 5.89. The Kier molecular flexibility index (Phi) is 6.44. The third-order valence-corrected chi connectivity index (χ3v) is 7.06. The molecule has 1 unspecified atom stereocenters. The summed E-state index contributed by atoms with van der Waals surface area (Å²) in [5, 5.41) is 0. The van der Waals surface area contributed by atoms with Crippen LogP contribution >= 0.6 is 0 Å². The highest BCUT2D eigenvalue weighted by Gasteiger charge is 2.37. The Labute approximate surface area is 213 Å². The molecular formula is C28H26F2N6O. The molecule has 0 amide bonds. The third kappa shape index (κ3) is 4.56. The van der Waals surface area contributed by atoms with E-state index in [9.17, 15) is 13.6 Å². The predicted molar refractivity (Wildman–Crippen MR) is 139 cm³/mol. The van der Waals surface area contributed by atoms with Crippen molar-refractivity contribution in [2.45, 2.75) is 32.0 Å². The zero-order chi connectivity index (χ0) is 26.3. The second-order valence-corrected chi connectivity index (χ2v) is 9.48. The number of aromatic nitrogens is 3. The molecule has 0 saturated carbocycles. The van der Waals surface area contributed by atoms with E-state index in [-0.39, 0.29) is 35.3 Å². The standard InChI is InChI=1S/C28H26F2N6O/c1-17-16-36(28(19-5-7-20(29)8-6-19)22-10-9-21(30)14-32-22)18(2)15-35(17)24-13-26(37)34(4)23-11-12-25(31-3)33-27(23)24/h5-14,17-18,28H,15-16H2,1-2,4H3/t17-,18+,28?/m0/s1. The third-order valence-electron chi connectivity index (χ3n) is 7.06. The largest absolute Gasteiger partial charge is 0.362 e. The van der Waals surface area contributed by atoms with Gasteiger partial charge < -0.3 is 14.3 Å². The number of hydrogen-bond donors (Lipinski definition) is 0. The minimum atomic E-state index is -0.420. The molecule has 3 atom stereocenters. The highest BCUT2D eigenvalue weighted by Crippen LogP contribution is 2.35. The zero-order valence-corrected chi connectivity index (χ0v) is 20.8. The summed E-state index contributed by atoms with van der Waals surface area (Å²) >= 11 is 0. The molecule has 188 valence electrons. The van der Waals surface area contributed by atoms with Gasteiger partial charge >= 0.3 is 0 Å². The van der Waals surface area contributed by atoms with Crippen LogP contribution in [0.2, 0.25) is 0 Å². The number of benzene rings is 1. The van der Waals surface area contributed by atoms with Crippen LogP contribution in [0.4, 0.5) is 20.3 Å². The first-order valence-corrected chi connectivity index (χ1v) is 12.0. The second kappa shape index (κ2) is 9.71. The van der Waals surface area contributed by atoms with Gasteiger partial charge in [-0.05, 0) is 55.8 Å². The van der Waals surface area contributed by atoms with Crippen LogP contribution in [0.25, 0.3) is 15.9 Å². The number of halogens is 2. The van der Waals surface area contributed by atoms with Crippen molar-refractivity contribution < 1.29 is 8.78 Å². The molecule has 0 N–H and O–H groups in total. The van der Waals surface area contributed by atoms with E-state index in [0.717, 1.165) is 5.56 Å². The average molecular weight is 501 g/mol. The number of nitrogens with zero attached hydrogens (tertiary/aromatic N) is 6. The smallest absolute Gasteiger partial charge is 0.270 e. The highest BCUT2D eigenvalue weighted by atomic mass is 19.1. The first-order valence-electron chi connectivity index (χ1n) is 12.0. The van der Waals surface area contributed by atoms with E-state index in [4.69, 9.17) is 6.57 Å². The molecule has 0 aliphatic carbocycles. The van der Waals surface area contributed by atoms with Gasteiger partial charge in [0.05, 0.1) is 29.1 Å². The fourth-order valence-electron chi connectivity index (χ4n) is 5.16. The van der Waals surface area contributed by atoms with Crippen LogP contribution in [0.3, 0.4) is 0 Å². The van der Waals surface area contributed by atoms with Crippen molar-refractivity contribution in [1.82, 2.24) is 19.4 Å². The number of pyridine rings is 3. The summed E-state index contributed by atoms with van der Waals surface area (Å²) in [6, 6.07) is 14.0. The fourth-order valence-corrected chi connectivity index (χ4v) is 5.16. The molecule has 1 aliphatic heterocycles. The normalized spacial score (nSPS) is 19.1. The van der Waals surface area contributed by atoms with E-state index in [1.807, 2.05) is 0 Å². The predicted octanol–water partition coefficient (Wildman–Crippen LogP) is 4.85. The van der Waals surface area contributed by atoms with E-state index in [1.165, 1.54) is 29.0 Å². The van der Waals surface area contributed by atoms with Gasteiger partial charge in [-0.15, -0.1) is 4.98 Å². The van der Waals surface area contributed by atoms with E-state index >= 15 is 0 Å². The van der Waals surface area contributed by atoms with E-state index < -0.39 is 5.82 Å². The lowest BCUT2D eigenvalue weighted by molar-refractivity contribution is 0.128. The van der Waals surface area contributed by atoms with Gasteiger partial charge in [-0.3, -0.25) is 14.7 Å². The number of aryl methyl sites for hydroxylation is 1. The van der Waals surface area contributed by atoms with E-state index in [2.05, 4.69) is 38.5 Å². The molecule has 4 aromatic rings. The number of anilines is 1. The SMILES string of the molecule is [C-]#[N+]c1ccc2c(n1)c(N1C[C@@H](C)N(C(c3ccc(F)cc3)c3ccc(F)cn3)C[C@@H]1C)cc(=O)n2C. The molecule has 5 rings (SSSR count). The van der Waals surface area contributed by atoms with Crippen LogP contribution in [0.15, 0.2) is 65.6 Å². The molecule has 3 aromatic heterocycles. The van der Waals surface area contributed by atoms with Crippen molar-refractivity contribution >= 4 is 22.5 Å². The Bertz CT molecular complexity index is 1500. The quantitative estimate of drug-likeness (QED) is 0.375. The van der Waals surface area contributed by atoms with Crippen molar-refractivity contribution in [1.29, 1.82) is 0 Å². The topological polar surface area (TPSA) is 58.6 Å². The van der Waals surface area contributed by atoms with Crippen molar-refractivity contribution in [2.75, 3.05) is 18.0 Å². The minimum Gasteiger partial charge on any atom is -0.362 e. The lowest BCUT2D eigenvalue weighted by atomic mass is 9.96. The molecule has 1 fully saturated rings. The first-order chi connectivity index (χ1) is 17.8. The van der Waals surface area contributed by atoms with Gasteiger partial charge in [0.2, 0.25) is 5.52 Å². The van der Waals surface area contributed by atoms with Gasteiger partial charge in [0.25, 0.3) is 11.4 Å². The molecule has 9 heteroatoms. The fraction of sp³-hybridized carbons (Fsp3) is 0.286. The van der Waals surface area contributed by atoms with Crippen LogP contribution in [-0.4, -0.2) is 44.6 Å². The van der Waals surface area contributed by atoms with E-state index in [0.29, 0.717) is 35.5 Å². The van der Waals surface area contributed by atoms with Crippen molar-refractivity contribution in [3.63, 3.8) is 0 Å². The van der Waals surface area contributed by atoms with Gasteiger partial charge in [-0.2, -0.15) is 0 Å². The summed E-state index contributed by atoms with van der Waals surface area (Å²) in [5.41, 5.74) is 3.34. The van der Waals surface area contributed by atoms with Crippen molar-refractivity contribution in [3.8, 4) is 0 Å². The Morgan fingerprint density at radius 3 is 2.41 bits per heavy atom. The lowest BCUT2D eigenvalue weighted by Crippen LogP contribution is -2.57. The Hall–Kier alpha value is -4.16. The summed E-state index contributed by atoms with van der Waals surface area (Å²) in [6.07, 6.45) is 1.20. The van der Waals surface area contributed by atoms with Gasteiger partial charge in [0.1, 0.15) is 11.6 Å². The van der Waals surface area contributed by atoms with Gasteiger partial charge in [-0.25, -0.2) is 8.78 Å². The second-order valence-electron chi connectivity index (χ2n) is 9.48. The molecule has 1 aromatic carbocycles. The molecule has 1 saturated heterocycles. The van der Waals surface area contributed by atoms with Gasteiger partial charge in [0, 0.05) is 38.3 Å². The average Bonchev–Trinajstić information content (AvgIpc) is 2.90. The number of rotatable bonds is 4. The molecule has 0 spiro atoms. The molecule has 1 aliphatic rings. The Balaban J connectivity index is 1.55. The number of hydrogen-bond acceptors (Lipinski definition) is 5. The molecule has 7 nitrogen and oxygen atoms in total. The maximum absolute atomic E-state index is 13.7. The molecule has 0 bridgehead atoms. The van der Waals surface area contributed by atoms with Crippen LogP contribution < -0.4 is 10.5 Å². The summed E-state index contributed by atoms with van der Waals surface area (Å²) in [4.78, 5) is 29.6. The van der Waals surface area contributed by atoms with Crippen molar-refractivity contribution in [3.05, 3.63) is 105 Å². The first kappa shape index (κ1) is 24.5. The Morgan fingerprint density at radius 1 is 1.00 bits per heavy atom. The van der Waals surface area contributed by atoms with Gasteiger partial charge in [0.15, 0.2) is 0 Å². The summed E-state index contributed by atoms with van der Waals surface area (Å²) < 4.78 is 29.0. The van der Waals surface area contributed by atoms with Crippen LogP contribution in [0.5, 0.6) is 0 Å². The van der Waals surface area contributed by atoms with Crippen molar-refractivity contribution in [2.24, 2.45) is 7.05 Å². The zero-order valence-electron chi connectivity index (χ0n) is 20.8. The van der Waals surface area contributed by atoms with Crippen LogP contribution in [0, 0.1) is 18.2 Å². The number of fused-ring (bicyclic) bond motifs is 1. The summed E-state index contributed by atoms with van der Waals surface area (Å²) in [7, 11) is 1.70. The maximum Gasteiger partial charge on any atom is 0.270 e. The molecule has 4 heterocycles. The van der Waals surface area contributed by atoms with Crippen LogP contribution in [-0.2, 0) is 7.05 Å². The van der Waals surface area contributed by atoms with Gasteiger partial charge in [-0.1, -0.05) is 18.7 Å². The monoisotopic (exact) mass is 500 g/mol. The molecule has 37 heavy (non-hydrogen) atoms. The maximum atomic E-state index is 13.7. The lowest BCUT2D eigenvalue weighted by Gasteiger charge is -2.48. The molecular weight excluding hydrogens is 474 g/mol. The number of piperazine rings is 1. The summed E-state index contributed by atoms with van der Waals surface area (Å²) in [6.45, 7) is 12.7.